The average Bonchev–Trinajstić information content (AvgIpc) is 2.38. The number of anilines is 2. The highest BCUT2D eigenvalue weighted by Crippen LogP contribution is 2.21. The van der Waals surface area contributed by atoms with Crippen LogP contribution in [0.25, 0.3) is 0 Å². The third-order valence-electron chi connectivity index (χ3n) is 3.61. The van der Waals surface area contributed by atoms with Crippen LogP contribution in [0.5, 0.6) is 0 Å². The summed E-state index contributed by atoms with van der Waals surface area (Å²) in [5.74, 6) is 0. The molecule has 0 aliphatic heterocycles. The Morgan fingerprint density at radius 1 is 1.26 bits per heavy atom. The lowest BCUT2D eigenvalue weighted by Gasteiger charge is -2.21. The molecule has 0 aromatic heterocycles. The maximum absolute atomic E-state index is 6.02. The molecule has 1 unspecified atom stereocenters. The number of nitrogen functional groups attached to an aromatic ring is 1. The Labute approximate surface area is 118 Å². The van der Waals surface area contributed by atoms with E-state index in [0.29, 0.717) is 6.04 Å². The average molecular weight is 263 g/mol. The van der Waals surface area contributed by atoms with E-state index in [1.165, 1.54) is 24.9 Å². The summed E-state index contributed by atoms with van der Waals surface area (Å²) in [6.07, 6.45) is 2.39. The number of nitrogens with zero attached hydrogens (tertiary/aromatic N) is 1. The van der Waals surface area contributed by atoms with E-state index >= 15 is 0 Å². The van der Waals surface area contributed by atoms with E-state index in [-0.39, 0.29) is 0 Å². The Balaban J connectivity index is 2.36. The van der Waals surface area contributed by atoms with Crippen molar-refractivity contribution in [2.24, 2.45) is 0 Å². The normalized spacial score (nSPS) is 12.7. The van der Waals surface area contributed by atoms with E-state index in [4.69, 9.17) is 5.73 Å². The minimum absolute atomic E-state index is 0.459. The van der Waals surface area contributed by atoms with Gasteiger partial charge in [0.15, 0.2) is 0 Å². The third kappa shape index (κ3) is 5.52. The number of benzene rings is 1. The van der Waals surface area contributed by atoms with Crippen LogP contribution in [0.15, 0.2) is 18.2 Å². The van der Waals surface area contributed by atoms with Crippen LogP contribution < -0.4 is 11.1 Å². The molecule has 0 fully saturated rings. The first-order valence-electron chi connectivity index (χ1n) is 7.41. The third-order valence-corrected chi connectivity index (χ3v) is 3.61. The van der Waals surface area contributed by atoms with E-state index < -0.39 is 0 Å². The standard InChI is InChI=1S/C16H29N3/c1-5-19(6-2)11-7-8-14(4)18-16-10-9-13(3)12-15(16)17/h9-10,12,14,18H,5-8,11,17H2,1-4H3. The Kier molecular flexibility index (Phi) is 6.71. The number of rotatable bonds is 8. The summed E-state index contributed by atoms with van der Waals surface area (Å²) in [6, 6.07) is 6.65. The van der Waals surface area contributed by atoms with Crippen molar-refractivity contribution in [2.45, 2.75) is 46.6 Å². The van der Waals surface area contributed by atoms with Gasteiger partial charge in [0, 0.05) is 6.04 Å². The molecule has 108 valence electrons. The highest BCUT2D eigenvalue weighted by atomic mass is 15.1. The van der Waals surface area contributed by atoms with Crippen molar-refractivity contribution in [1.29, 1.82) is 0 Å². The molecule has 1 rings (SSSR count). The minimum atomic E-state index is 0.459. The molecule has 0 heterocycles. The van der Waals surface area contributed by atoms with Crippen LogP contribution in [-0.2, 0) is 0 Å². The molecule has 0 aliphatic carbocycles. The summed E-state index contributed by atoms with van der Waals surface area (Å²) in [6.45, 7) is 12.2. The molecule has 0 spiro atoms. The number of aryl methyl sites for hydroxylation is 1. The molecule has 0 saturated heterocycles. The molecule has 3 N–H and O–H groups in total. The molecule has 1 aromatic rings. The predicted molar refractivity (Wildman–Crippen MR) is 85.7 cm³/mol. The molecule has 19 heavy (non-hydrogen) atoms. The fourth-order valence-corrected chi connectivity index (χ4v) is 2.31. The van der Waals surface area contributed by atoms with Gasteiger partial charge < -0.3 is 16.0 Å². The maximum Gasteiger partial charge on any atom is 0.0576 e. The molecule has 0 saturated carbocycles. The molecule has 0 radical (unpaired) electrons. The zero-order valence-electron chi connectivity index (χ0n) is 12.9. The smallest absolute Gasteiger partial charge is 0.0576 e. The van der Waals surface area contributed by atoms with Crippen LogP contribution in [0, 0.1) is 6.92 Å². The van der Waals surface area contributed by atoms with Crippen LogP contribution >= 0.6 is 0 Å². The van der Waals surface area contributed by atoms with Crippen molar-refractivity contribution in [3.05, 3.63) is 23.8 Å². The largest absolute Gasteiger partial charge is 0.397 e. The second-order valence-corrected chi connectivity index (χ2v) is 5.31. The quantitative estimate of drug-likeness (QED) is 0.705. The Bertz CT molecular complexity index is 372. The topological polar surface area (TPSA) is 41.3 Å². The Hall–Kier alpha value is -1.22. The van der Waals surface area contributed by atoms with Gasteiger partial charge in [-0.1, -0.05) is 19.9 Å². The second kappa shape index (κ2) is 8.05. The number of hydrogen-bond donors (Lipinski definition) is 2. The van der Waals surface area contributed by atoms with Crippen molar-refractivity contribution in [3.8, 4) is 0 Å². The summed E-state index contributed by atoms with van der Waals surface area (Å²) in [5, 5.41) is 3.50. The molecule has 3 nitrogen and oxygen atoms in total. The first kappa shape index (κ1) is 15.8. The van der Waals surface area contributed by atoms with Gasteiger partial charge in [-0.15, -0.1) is 0 Å². The van der Waals surface area contributed by atoms with Crippen molar-refractivity contribution in [3.63, 3.8) is 0 Å². The highest BCUT2D eigenvalue weighted by molar-refractivity contribution is 5.67. The Morgan fingerprint density at radius 2 is 1.95 bits per heavy atom. The zero-order chi connectivity index (χ0) is 14.3. The van der Waals surface area contributed by atoms with Crippen LogP contribution in [-0.4, -0.2) is 30.6 Å². The monoisotopic (exact) mass is 263 g/mol. The lowest BCUT2D eigenvalue weighted by atomic mass is 10.1. The van der Waals surface area contributed by atoms with Gasteiger partial charge in [-0.25, -0.2) is 0 Å². The molecule has 3 heteroatoms. The fourth-order valence-electron chi connectivity index (χ4n) is 2.31. The molecular weight excluding hydrogens is 234 g/mol. The number of hydrogen-bond acceptors (Lipinski definition) is 3. The minimum Gasteiger partial charge on any atom is -0.397 e. The maximum atomic E-state index is 6.02. The van der Waals surface area contributed by atoms with Gasteiger partial charge in [0.2, 0.25) is 0 Å². The summed E-state index contributed by atoms with van der Waals surface area (Å²) >= 11 is 0. The van der Waals surface area contributed by atoms with Crippen molar-refractivity contribution in [1.82, 2.24) is 4.90 Å². The van der Waals surface area contributed by atoms with Gasteiger partial charge >= 0.3 is 0 Å². The van der Waals surface area contributed by atoms with E-state index in [2.05, 4.69) is 50.0 Å². The SMILES string of the molecule is CCN(CC)CCCC(C)Nc1ccc(C)cc1N. The zero-order valence-corrected chi connectivity index (χ0v) is 12.9. The molecule has 1 aromatic carbocycles. The molecule has 0 bridgehead atoms. The van der Waals surface area contributed by atoms with Crippen molar-refractivity contribution < 1.29 is 0 Å². The summed E-state index contributed by atoms with van der Waals surface area (Å²) in [7, 11) is 0. The summed E-state index contributed by atoms with van der Waals surface area (Å²) in [5.41, 5.74) is 9.12. The van der Waals surface area contributed by atoms with Gasteiger partial charge in [0.1, 0.15) is 0 Å². The van der Waals surface area contributed by atoms with Crippen LogP contribution in [0.4, 0.5) is 11.4 Å². The van der Waals surface area contributed by atoms with Crippen LogP contribution in [0.2, 0.25) is 0 Å². The van der Waals surface area contributed by atoms with Crippen LogP contribution in [0.1, 0.15) is 39.2 Å². The van der Waals surface area contributed by atoms with Gasteiger partial charge in [-0.05, 0) is 64.0 Å². The highest BCUT2D eigenvalue weighted by Gasteiger charge is 2.06. The Morgan fingerprint density at radius 3 is 2.53 bits per heavy atom. The molecule has 0 aliphatic rings. The van der Waals surface area contributed by atoms with Gasteiger partial charge in [0.05, 0.1) is 11.4 Å². The van der Waals surface area contributed by atoms with E-state index in [1.54, 1.807) is 0 Å². The molecular formula is C16H29N3. The number of nitrogens with two attached hydrogens (primary N) is 1. The first-order valence-corrected chi connectivity index (χ1v) is 7.41. The van der Waals surface area contributed by atoms with Crippen LogP contribution in [0.3, 0.4) is 0 Å². The van der Waals surface area contributed by atoms with E-state index in [9.17, 15) is 0 Å². The van der Waals surface area contributed by atoms with Crippen molar-refractivity contribution >= 4 is 11.4 Å². The van der Waals surface area contributed by atoms with Gasteiger partial charge in [0.25, 0.3) is 0 Å². The van der Waals surface area contributed by atoms with Crippen molar-refractivity contribution in [2.75, 3.05) is 30.7 Å². The molecule has 0 amide bonds. The molecule has 1 atom stereocenters. The van der Waals surface area contributed by atoms with Gasteiger partial charge in [-0.3, -0.25) is 0 Å². The van der Waals surface area contributed by atoms with E-state index in [0.717, 1.165) is 24.5 Å². The number of nitrogens with one attached hydrogen (secondary N) is 1. The first-order chi connectivity index (χ1) is 9.06. The van der Waals surface area contributed by atoms with E-state index in [1.807, 2.05) is 6.07 Å². The summed E-state index contributed by atoms with van der Waals surface area (Å²) in [4.78, 5) is 2.47. The summed E-state index contributed by atoms with van der Waals surface area (Å²) < 4.78 is 0. The lowest BCUT2D eigenvalue weighted by molar-refractivity contribution is 0.295. The second-order valence-electron chi connectivity index (χ2n) is 5.31. The lowest BCUT2D eigenvalue weighted by Crippen LogP contribution is -2.25. The predicted octanol–water partition coefficient (Wildman–Crippen LogP) is 3.50. The van der Waals surface area contributed by atoms with Gasteiger partial charge in [-0.2, -0.15) is 0 Å². The fraction of sp³-hybridized carbons (Fsp3) is 0.625.